The topological polar surface area (TPSA) is 85.2 Å². The van der Waals surface area contributed by atoms with E-state index in [0.717, 1.165) is 25.1 Å². The Morgan fingerprint density at radius 1 is 1.11 bits per heavy atom. The van der Waals surface area contributed by atoms with E-state index in [1.807, 2.05) is 42.2 Å². The summed E-state index contributed by atoms with van der Waals surface area (Å²) in [6.45, 7) is 3.17. The molecule has 0 spiro atoms. The van der Waals surface area contributed by atoms with Crippen LogP contribution >= 0.6 is 0 Å². The Bertz CT molecular complexity index is 876. The first kappa shape index (κ1) is 19.6. The van der Waals surface area contributed by atoms with E-state index >= 15 is 0 Å². The van der Waals surface area contributed by atoms with E-state index in [0.29, 0.717) is 17.8 Å². The first-order chi connectivity index (χ1) is 13.6. The molecule has 3 rings (SSSR count). The van der Waals surface area contributed by atoms with Crippen molar-refractivity contribution in [3.63, 3.8) is 0 Å². The van der Waals surface area contributed by atoms with Gasteiger partial charge in [-0.25, -0.2) is 0 Å². The Balaban J connectivity index is 1.58. The highest BCUT2D eigenvalue weighted by Gasteiger charge is 2.31. The molecule has 0 aromatic heterocycles. The normalized spacial score (nSPS) is 17.9. The number of nitrogens with zero attached hydrogens (tertiary/aromatic N) is 2. The molecule has 28 heavy (non-hydrogen) atoms. The molecule has 1 saturated heterocycles. The molecule has 1 aliphatic rings. The van der Waals surface area contributed by atoms with Gasteiger partial charge in [0.05, 0.1) is 23.6 Å². The van der Waals surface area contributed by atoms with Crippen LogP contribution in [0.25, 0.3) is 0 Å². The summed E-state index contributed by atoms with van der Waals surface area (Å²) in [4.78, 5) is 27.3. The average molecular weight is 376 g/mol. The van der Waals surface area contributed by atoms with Crippen molar-refractivity contribution in [3.05, 3.63) is 60.2 Å². The number of benzene rings is 2. The Kier molecular flexibility index (Phi) is 6.41. The molecule has 0 radical (unpaired) electrons. The van der Waals surface area contributed by atoms with Crippen LogP contribution in [0.5, 0.6) is 0 Å². The number of nitriles is 1. The van der Waals surface area contributed by atoms with Gasteiger partial charge >= 0.3 is 0 Å². The number of carbonyl (C=O) groups is 2. The molecular formula is C22H24N4O2. The number of carbonyl (C=O) groups excluding carboxylic acids is 2. The van der Waals surface area contributed by atoms with E-state index in [4.69, 9.17) is 5.26 Å². The van der Waals surface area contributed by atoms with Gasteiger partial charge in [0.25, 0.3) is 0 Å². The van der Waals surface area contributed by atoms with E-state index in [1.54, 1.807) is 24.3 Å². The maximum Gasteiger partial charge on any atom is 0.241 e. The predicted molar refractivity (Wildman–Crippen MR) is 109 cm³/mol. The highest BCUT2D eigenvalue weighted by atomic mass is 16.2. The Hall–Kier alpha value is -3.17. The van der Waals surface area contributed by atoms with Gasteiger partial charge in [0, 0.05) is 17.9 Å². The van der Waals surface area contributed by atoms with Crippen LogP contribution in [-0.4, -0.2) is 35.8 Å². The lowest BCUT2D eigenvalue weighted by Crippen LogP contribution is -2.49. The van der Waals surface area contributed by atoms with Crippen molar-refractivity contribution in [3.8, 4) is 6.07 Å². The zero-order valence-electron chi connectivity index (χ0n) is 15.9. The maximum absolute atomic E-state index is 12.6. The van der Waals surface area contributed by atoms with E-state index in [9.17, 15) is 9.59 Å². The quantitative estimate of drug-likeness (QED) is 0.839. The summed E-state index contributed by atoms with van der Waals surface area (Å²) in [6.07, 6.45) is 1.68. The number of likely N-dealkylation sites (tertiary alicyclic amines) is 1. The van der Waals surface area contributed by atoms with Gasteiger partial charge in [0.2, 0.25) is 11.8 Å². The van der Waals surface area contributed by atoms with E-state index in [-0.39, 0.29) is 23.8 Å². The fourth-order valence-electron chi connectivity index (χ4n) is 3.42. The zero-order chi connectivity index (χ0) is 19.9. The summed E-state index contributed by atoms with van der Waals surface area (Å²) >= 11 is 0. The van der Waals surface area contributed by atoms with Crippen LogP contribution < -0.4 is 10.6 Å². The molecule has 0 aliphatic carbocycles. The third kappa shape index (κ3) is 4.96. The summed E-state index contributed by atoms with van der Waals surface area (Å²) in [5, 5.41) is 14.8. The molecule has 1 heterocycles. The lowest BCUT2D eigenvalue weighted by atomic mass is 9.95. The first-order valence-electron chi connectivity index (χ1n) is 9.48. The lowest BCUT2D eigenvalue weighted by molar-refractivity contribution is -0.125. The molecular weight excluding hydrogens is 352 g/mol. The third-order valence-corrected chi connectivity index (χ3v) is 5.05. The van der Waals surface area contributed by atoms with Gasteiger partial charge < -0.3 is 10.6 Å². The minimum absolute atomic E-state index is 0.00905. The molecule has 0 bridgehead atoms. The van der Waals surface area contributed by atoms with Gasteiger partial charge in [0.1, 0.15) is 0 Å². The molecule has 144 valence electrons. The highest BCUT2D eigenvalue weighted by Crippen LogP contribution is 2.21. The highest BCUT2D eigenvalue weighted by molar-refractivity contribution is 5.95. The van der Waals surface area contributed by atoms with Gasteiger partial charge in [-0.2, -0.15) is 5.26 Å². The first-order valence-corrected chi connectivity index (χ1v) is 9.48. The average Bonchev–Trinajstić information content (AvgIpc) is 2.74. The van der Waals surface area contributed by atoms with E-state index in [2.05, 4.69) is 16.7 Å². The van der Waals surface area contributed by atoms with Crippen molar-refractivity contribution in [1.29, 1.82) is 5.26 Å². The Labute approximate surface area is 165 Å². The molecule has 2 atom stereocenters. The minimum atomic E-state index is -0.363. The minimum Gasteiger partial charge on any atom is -0.326 e. The molecule has 2 N–H and O–H groups in total. The third-order valence-electron chi connectivity index (χ3n) is 5.05. The Morgan fingerprint density at radius 3 is 2.61 bits per heavy atom. The maximum atomic E-state index is 12.6. The molecule has 0 unspecified atom stereocenters. The fraction of sp³-hybridized carbons (Fsp3) is 0.318. The van der Waals surface area contributed by atoms with Gasteiger partial charge in [0.15, 0.2) is 0 Å². The van der Waals surface area contributed by atoms with Crippen LogP contribution in [0.2, 0.25) is 0 Å². The molecule has 2 aromatic carbocycles. The standard InChI is InChI=1S/C22H24N4O2/c1-16(21(27)25-20-11-5-7-17(13-20)14-23)26-12-6-8-18(15-26)22(28)24-19-9-3-2-4-10-19/h2-5,7,9-11,13,16,18H,6,8,12,15H2,1H3,(H,24,28)(H,25,27)/t16-,18+/m0/s1. The number of anilines is 2. The Morgan fingerprint density at radius 2 is 1.86 bits per heavy atom. The van der Waals surface area contributed by atoms with Gasteiger partial charge in [-0.1, -0.05) is 24.3 Å². The molecule has 0 saturated carbocycles. The van der Waals surface area contributed by atoms with Crippen molar-refractivity contribution in [2.45, 2.75) is 25.8 Å². The van der Waals surface area contributed by atoms with Crippen LogP contribution in [0.4, 0.5) is 11.4 Å². The fourth-order valence-corrected chi connectivity index (χ4v) is 3.42. The van der Waals surface area contributed by atoms with Crippen molar-refractivity contribution in [2.24, 2.45) is 5.92 Å². The van der Waals surface area contributed by atoms with Crippen LogP contribution in [0.15, 0.2) is 54.6 Å². The molecule has 6 heteroatoms. The van der Waals surface area contributed by atoms with Crippen molar-refractivity contribution < 1.29 is 9.59 Å². The number of rotatable bonds is 5. The van der Waals surface area contributed by atoms with Crippen LogP contribution in [0.3, 0.4) is 0 Å². The van der Waals surface area contributed by atoms with Crippen molar-refractivity contribution in [1.82, 2.24) is 4.90 Å². The van der Waals surface area contributed by atoms with Crippen LogP contribution in [0.1, 0.15) is 25.3 Å². The summed E-state index contributed by atoms with van der Waals surface area (Å²) < 4.78 is 0. The van der Waals surface area contributed by atoms with Crippen molar-refractivity contribution >= 4 is 23.2 Å². The second-order valence-electron chi connectivity index (χ2n) is 7.05. The van der Waals surface area contributed by atoms with Crippen LogP contribution in [0, 0.1) is 17.2 Å². The number of hydrogen-bond acceptors (Lipinski definition) is 4. The molecule has 2 amide bonds. The van der Waals surface area contributed by atoms with Gasteiger partial charge in [-0.05, 0) is 56.6 Å². The van der Waals surface area contributed by atoms with E-state index in [1.165, 1.54) is 0 Å². The largest absolute Gasteiger partial charge is 0.326 e. The SMILES string of the molecule is C[C@@H](C(=O)Nc1cccc(C#N)c1)N1CCC[C@@H](C(=O)Nc2ccccc2)C1. The van der Waals surface area contributed by atoms with Crippen molar-refractivity contribution in [2.75, 3.05) is 23.7 Å². The van der Waals surface area contributed by atoms with Gasteiger partial charge in [-0.15, -0.1) is 0 Å². The second kappa shape index (κ2) is 9.16. The summed E-state index contributed by atoms with van der Waals surface area (Å²) in [5.74, 6) is -0.296. The summed E-state index contributed by atoms with van der Waals surface area (Å²) in [7, 11) is 0. The smallest absolute Gasteiger partial charge is 0.241 e. The molecule has 1 fully saturated rings. The number of amides is 2. The van der Waals surface area contributed by atoms with E-state index < -0.39 is 0 Å². The second-order valence-corrected chi connectivity index (χ2v) is 7.05. The number of nitrogens with one attached hydrogen (secondary N) is 2. The van der Waals surface area contributed by atoms with Gasteiger partial charge in [-0.3, -0.25) is 14.5 Å². The summed E-state index contributed by atoms with van der Waals surface area (Å²) in [5.41, 5.74) is 1.89. The zero-order valence-corrected chi connectivity index (χ0v) is 15.9. The lowest BCUT2D eigenvalue weighted by Gasteiger charge is -2.35. The summed E-state index contributed by atoms with van der Waals surface area (Å²) in [6, 6.07) is 18.0. The predicted octanol–water partition coefficient (Wildman–Crippen LogP) is 3.24. The number of para-hydroxylation sites is 1. The number of piperidine rings is 1. The van der Waals surface area contributed by atoms with Crippen LogP contribution in [-0.2, 0) is 9.59 Å². The molecule has 6 nitrogen and oxygen atoms in total. The molecule has 1 aliphatic heterocycles. The molecule has 2 aromatic rings. The number of hydrogen-bond donors (Lipinski definition) is 2. The monoisotopic (exact) mass is 376 g/mol.